The molecule has 0 radical (unpaired) electrons. The van der Waals surface area contributed by atoms with Crippen molar-refractivity contribution in [3.8, 4) is 17.2 Å². The summed E-state index contributed by atoms with van der Waals surface area (Å²) in [5.41, 5.74) is 0.612. The van der Waals surface area contributed by atoms with Gasteiger partial charge in [-0.15, -0.1) is 0 Å². The molecule has 23 heavy (non-hydrogen) atoms. The molecule has 1 amide bonds. The lowest BCUT2D eigenvalue weighted by Gasteiger charge is -2.14. The van der Waals surface area contributed by atoms with Crippen molar-refractivity contribution >= 4 is 23.2 Å². The molecule has 6 heteroatoms. The highest BCUT2D eigenvalue weighted by Gasteiger charge is 2.14. The fourth-order valence-corrected chi connectivity index (χ4v) is 2.14. The zero-order valence-electron chi connectivity index (χ0n) is 13.1. The van der Waals surface area contributed by atoms with Crippen LogP contribution in [0, 0.1) is 0 Å². The van der Waals surface area contributed by atoms with Gasteiger partial charge in [-0.2, -0.15) is 0 Å². The maximum atomic E-state index is 12.3. The molecule has 2 aromatic carbocycles. The van der Waals surface area contributed by atoms with Gasteiger partial charge in [0.05, 0.1) is 18.9 Å². The number of halogens is 1. The summed E-state index contributed by atoms with van der Waals surface area (Å²) in [6, 6.07) is 9.30. The van der Waals surface area contributed by atoms with E-state index < -0.39 is 5.91 Å². The highest BCUT2D eigenvalue weighted by Crippen LogP contribution is 2.30. The van der Waals surface area contributed by atoms with Crippen LogP contribution < -0.4 is 14.8 Å². The highest BCUT2D eigenvalue weighted by molar-refractivity contribution is 6.31. The van der Waals surface area contributed by atoms with Crippen molar-refractivity contribution in [2.75, 3.05) is 12.4 Å². The molecule has 0 aliphatic heterocycles. The number of hydrogen-bond acceptors (Lipinski definition) is 4. The summed E-state index contributed by atoms with van der Waals surface area (Å²) >= 11 is 5.86. The third-order valence-corrected chi connectivity index (χ3v) is 3.23. The minimum Gasteiger partial charge on any atom is -0.506 e. The summed E-state index contributed by atoms with van der Waals surface area (Å²) in [5, 5.41) is 12.8. The van der Waals surface area contributed by atoms with Gasteiger partial charge < -0.3 is 19.9 Å². The number of ether oxygens (including phenoxy) is 2. The van der Waals surface area contributed by atoms with E-state index in [1.807, 2.05) is 13.8 Å². The second kappa shape index (κ2) is 7.24. The topological polar surface area (TPSA) is 67.8 Å². The Bertz CT molecular complexity index is 716. The molecule has 2 aromatic rings. The van der Waals surface area contributed by atoms with Crippen LogP contribution in [0.4, 0.5) is 5.69 Å². The van der Waals surface area contributed by atoms with Gasteiger partial charge >= 0.3 is 0 Å². The number of carbonyl (C=O) groups is 1. The van der Waals surface area contributed by atoms with Crippen molar-refractivity contribution in [2.45, 2.75) is 20.0 Å². The van der Waals surface area contributed by atoms with Gasteiger partial charge in [0.2, 0.25) is 0 Å². The first kappa shape index (κ1) is 17.0. The third-order valence-electron chi connectivity index (χ3n) is 3.00. The molecule has 5 nitrogen and oxygen atoms in total. The van der Waals surface area contributed by atoms with E-state index in [9.17, 15) is 9.90 Å². The minimum atomic E-state index is -0.392. The van der Waals surface area contributed by atoms with Crippen LogP contribution in [-0.4, -0.2) is 24.2 Å². The van der Waals surface area contributed by atoms with Gasteiger partial charge in [-0.3, -0.25) is 4.79 Å². The molecule has 122 valence electrons. The SMILES string of the molecule is COc1cc(C(=O)Nc2cc(Cl)ccc2O)ccc1OC(C)C. The number of methoxy groups -OCH3 is 1. The second-order valence-corrected chi connectivity index (χ2v) is 5.58. The van der Waals surface area contributed by atoms with Crippen molar-refractivity contribution in [1.29, 1.82) is 0 Å². The normalized spacial score (nSPS) is 10.5. The molecule has 0 spiro atoms. The van der Waals surface area contributed by atoms with Gasteiger partial charge in [-0.1, -0.05) is 11.6 Å². The zero-order valence-corrected chi connectivity index (χ0v) is 13.8. The molecule has 0 aliphatic carbocycles. The van der Waals surface area contributed by atoms with Crippen molar-refractivity contribution in [1.82, 2.24) is 0 Å². The Kier molecular flexibility index (Phi) is 5.34. The van der Waals surface area contributed by atoms with Crippen LogP contribution in [0.5, 0.6) is 17.2 Å². The fraction of sp³-hybridized carbons (Fsp3) is 0.235. The number of benzene rings is 2. The molecule has 0 bridgehead atoms. The first-order valence-electron chi connectivity index (χ1n) is 7.05. The van der Waals surface area contributed by atoms with Crippen LogP contribution in [0.1, 0.15) is 24.2 Å². The quantitative estimate of drug-likeness (QED) is 0.807. The number of anilines is 1. The number of phenols is 1. The third kappa shape index (κ3) is 4.29. The molecule has 0 heterocycles. The Morgan fingerprint density at radius 3 is 2.57 bits per heavy atom. The summed E-state index contributed by atoms with van der Waals surface area (Å²) < 4.78 is 10.9. The molecular formula is C17H18ClNO4. The van der Waals surface area contributed by atoms with Gasteiger partial charge in [0.25, 0.3) is 5.91 Å². The van der Waals surface area contributed by atoms with Gasteiger partial charge in [0.15, 0.2) is 11.5 Å². The Balaban J connectivity index is 2.24. The van der Waals surface area contributed by atoms with E-state index in [2.05, 4.69) is 5.32 Å². The minimum absolute atomic E-state index is 0.00742. The number of rotatable bonds is 5. The van der Waals surface area contributed by atoms with Crippen LogP contribution in [0.15, 0.2) is 36.4 Å². The number of phenolic OH excluding ortho intramolecular Hbond substituents is 1. The Hall–Kier alpha value is -2.40. The Morgan fingerprint density at radius 2 is 1.91 bits per heavy atom. The smallest absolute Gasteiger partial charge is 0.255 e. The van der Waals surface area contributed by atoms with Crippen molar-refractivity contribution in [3.05, 3.63) is 47.0 Å². The first-order valence-corrected chi connectivity index (χ1v) is 7.43. The summed E-state index contributed by atoms with van der Waals surface area (Å²) in [5.74, 6) is 0.567. The van der Waals surface area contributed by atoms with Gasteiger partial charge in [-0.05, 0) is 50.2 Å². The van der Waals surface area contributed by atoms with Gasteiger partial charge in [0, 0.05) is 10.6 Å². The van der Waals surface area contributed by atoms with Crippen molar-refractivity contribution < 1.29 is 19.4 Å². The average Bonchev–Trinajstić information content (AvgIpc) is 2.50. The van der Waals surface area contributed by atoms with E-state index in [1.54, 1.807) is 18.2 Å². The lowest BCUT2D eigenvalue weighted by atomic mass is 10.1. The van der Waals surface area contributed by atoms with Gasteiger partial charge in [0.1, 0.15) is 5.75 Å². The average molecular weight is 336 g/mol. The van der Waals surface area contributed by atoms with E-state index in [4.69, 9.17) is 21.1 Å². The summed E-state index contributed by atoms with van der Waals surface area (Å²) in [4.78, 5) is 12.3. The van der Waals surface area contributed by atoms with Crippen LogP contribution in [-0.2, 0) is 0 Å². The number of aromatic hydroxyl groups is 1. The second-order valence-electron chi connectivity index (χ2n) is 5.15. The summed E-state index contributed by atoms with van der Waals surface area (Å²) in [6.07, 6.45) is -0.00742. The number of hydrogen-bond donors (Lipinski definition) is 2. The molecule has 0 aliphatic rings. The van der Waals surface area contributed by atoms with Crippen LogP contribution in [0.2, 0.25) is 5.02 Å². The van der Waals surface area contributed by atoms with Crippen molar-refractivity contribution in [3.63, 3.8) is 0 Å². The zero-order chi connectivity index (χ0) is 17.0. The molecule has 0 saturated carbocycles. The Morgan fingerprint density at radius 1 is 1.17 bits per heavy atom. The largest absolute Gasteiger partial charge is 0.506 e. The number of amides is 1. The molecule has 0 fully saturated rings. The number of carbonyl (C=O) groups excluding carboxylic acids is 1. The highest BCUT2D eigenvalue weighted by atomic mass is 35.5. The Labute approximate surface area is 139 Å². The van der Waals surface area contributed by atoms with Crippen LogP contribution in [0.3, 0.4) is 0 Å². The van der Waals surface area contributed by atoms with Crippen LogP contribution in [0.25, 0.3) is 0 Å². The van der Waals surface area contributed by atoms with Crippen LogP contribution >= 0.6 is 11.6 Å². The summed E-state index contributed by atoms with van der Waals surface area (Å²) in [7, 11) is 1.51. The maximum Gasteiger partial charge on any atom is 0.255 e. The molecule has 2 rings (SSSR count). The van der Waals surface area contributed by atoms with E-state index in [0.717, 1.165) is 0 Å². The predicted octanol–water partition coefficient (Wildman–Crippen LogP) is 4.09. The lowest BCUT2D eigenvalue weighted by molar-refractivity contribution is 0.102. The first-order chi connectivity index (χ1) is 10.9. The maximum absolute atomic E-state index is 12.3. The molecule has 0 unspecified atom stereocenters. The predicted molar refractivity (Wildman–Crippen MR) is 89.8 cm³/mol. The summed E-state index contributed by atoms with van der Waals surface area (Å²) in [6.45, 7) is 3.81. The van der Waals surface area contributed by atoms with E-state index in [0.29, 0.717) is 22.1 Å². The molecule has 0 aromatic heterocycles. The van der Waals surface area contributed by atoms with E-state index >= 15 is 0 Å². The van der Waals surface area contributed by atoms with E-state index in [-0.39, 0.29) is 17.5 Å². The lowest BCUT2D eigenvalue weighted by Crippen LogP contribution is -2.13. The molecule has 0 atom stereocenters. The monoisotopic (exact) mass is 335 g/mol. The molecule has 2 N–H and O–H groups in total. The molecule has 0 saturated heterocycles. The number of nitrogens with one attached hydrogen (secondary N) is 1. The van der Waals surface area contributed by atoms with Crippen molar-refractivity contribution in [2.24, 2.45) is 0 Å². The standard InChI is InChI=1S/C17H18ClNO4/c1-10(2)23-15-7-4-11(8-16(15)22-3)17(21)19-13-9-12(18)5-6-14(13)20/h4-10,20H,1-3H3,(H,19,21). The fourth-order valence-electron chi connectivity index (χ4n) is 1.96. The molecular weight excluding hydrogens is 318 g/mol. The van der Waals surface area contributed by atoms with Gasteiger partial charge in [-0.25, -0.2) is 0 Å². The van der Waals surface area contributed by atoms with E-state index in [1.165, 1.54) is 25.3 Å².